The molecule has 0 saturated carbocycles. The standard InChI is InChI=1S/C8H3BrO3S/c9-6-5(4-2-1-3-13-4)7(10)12-8(6)11/h1-3H. The van der Waals surface area contributed by atoms with Crippen molar-refractivity contribution in [3.8, 4) is 0 Å². The van der Waals surface area contributed by atoms with Gasteiger partial charge in [-0.25, -0.2) is 9.59 Å². The molecule has 0 spiro atoms. The smallest absolute Gasteiger partial charge is 0.354 e. The zero-order chi connectivity index (χ0) is 9.42. The molecule has 1 aromatic heterocycles. The van der Waals surface area contributed by atoms with Crippen molar-refractivity contribution in [3.63, 3.8) is 0 Å². The summed E-state index contributed by atoms with van der Waals surface area (Å²) in [5.41, 5.74) is 0.319. The molecule has 13 heavy (non-hydrogen) atoms. The highest BCUT2D eigenvalue weighted by molar-refractivity contribution is 9.12. The average Bonchev–Trinajstić information content (AvgIpc) is 2.63. The van der Waals surface area contributed by atoms with E-state index in [9.17, 15) is 9.59 Å². The molecular formula is C8H3BrO3S. The SMILES string of the molecule is O=C1OC(=O)C(c2cccs2)=C1Br. The summed E-state index contributed by atoms with van der Waals surface area (Å²) in [7, 11) is 0. The summed E-state index contributed by atoms with van der Waals surface area (Å²) in [5, 5.41) is 1.83. The zero-order valence-corrected chi connectivity index (χ0v) is 8.65. The van der Waals surface area contributed by atoms with E-state index < -0.39 is 11.9 Å². The third-order valence-corrected chi connectivity index (χ3v) is 3.16. The van der Waals surface area contributed by atoms with Gasteiger partial charge in [0.05, 0.1) is 5.57 Å². The Hall–Kier alpha value is -0.940. The van der Waals surface area contributed by atoms with E-state index in [1.54, 1.807) is 6.07 Å². The van der Waals surface area contributed by atoms with Crippen LogP contribution in [0.1, 0.15) is 4.88 Å². The van der Waals surface area contributed by atoms with E-state index in [4.69, 9.17) is 0 Å². The first-order valence-corrected chi connectivity index (χ1v) is 5.07. The van der Waals surface area contributed by atoms with Gasteiger partial charge in [0, 0.05) is 4.88 Å². The van der Waals surface area contributed by atoms with E-state index in [1.807, 2.05) is 11.4 Å². The Balaban J connectivity index is 2.54. The van der Waals surface area contributed by atoms with Crippen molar-refractivity contribution in [3.05, 3.63) is 26.9 Å². The Bertz CT molecular complexity index is 405. The van der Waals surface area contributed by atoms with Gasteiger partial charge in [0.25, 0.3) is 0 Å². The van der Waals surface area contributed by atoms with Gasteiger partial charge in [-0.1, -0.05) is 6.07 Å². The lowest BCUT2D eigenvalue weighted by molar-refractivity contribution is -0.149. The van der Waals surface area contributed by atoms with Crippen molar-refractivity contribution < 1.29 is 14.3 Å². The first kappa shape index (κ1) is 8.65. The Labute approximate surface area is 86.1 Å². The predicted molar refractivity (Wildman–Crippen MR) is 51.3 cm³/mol. The molecule has 0 radical (unpaired) electrons. The molecule has 0 fully saturated rings. The van der Waals surface area contributed by atoms with Crippen molar-refractivity contribution in [1.82, 2.24) is 0 Å². The van der Waals surface area contributed by atoms with Gasteiger partial charge in [0.15, 0.2) is 0 Å². The Morgan fingerprint density at radius 1 is 1.31 bits per heavy atom. The van der Waals surface area contributed by atoms with Crippen molar-refractivity contribution in [2.75, 3.05) is 0 Å². The van der Waals surface area contributed by atoms with E-state index in [2.05, 4.69) is 20.7 Å². The number of ether oxygens (including phenoxy) is 1. The maximum absolute atomic E-state index is 11.2. The number of rotatable bonds is 1. The topological polar surface area (TPSA) is 43.4 Å². The molecule has 0 unspecified atom stereocenters. The highest BCUT2D eigenvalue weighted by Crippen LogP contribution is 2.32. The molecule has 0 aromatic carbocycles. The predicted octanol–water partition coefficient (Wildman–Crippen LogP) is 1.94. The van der Waals surface area contributed by atoms with Crippen LogP contribution in [0.2, 0.25) is 0 Å². The van der Waals surface area contributed by atoms with Crippen molar-refractivity contribution >= 4 is 44.8 Å². The molecule has 0 N–H and O–H groups in total. The van der Waals surface area contributed by atoms with Crippen LogP contribution in [0, 0.1) is 0 Å². The quantitative estimate of drug-likeness (QED) is 0.571. The lowest BCUT2D eigenvalue weighted by Crippen LogP contribution is -2.00. The molecule has 0 amide bonds. The number of thiophene rings is 1. The van der Waals surface area contributed by atoms with Gasteiger partial charge in [-0.15, -0.1) is 11.3 Å². The lowest BCUT2D eigenvalue weighted by Gasteiger charge is -1.91. The van der Waals surface area contributed by atoms with Gasteiger partial charge in [0.2, 0.25) is 0 Å². The normalized spacial score (nSPS) is 16.7. The van der Waals surface area contributed by atoms with Gasteiger partial charge in [0.1, 0.15) is 4.48 Å². The second-order valence-corrected chi connectivity index (χ2v) is 4.08. The first-order chi connectivity index (χ1) is 6.20. The van der Waals surface area contributed by atoms with Crippen LogP contribution in [-0.4, -0.2) is 11.9 Å². The van der Waals surface area contributed by atoms with Gasteiger partial charge >= 0.3 is 11.9 Å². The fourth-order valence-corrected chi connectivity index (χ4v) is 2.35. The fourth-order valence-electron chi connectivity index (χ4n) is 1.00. The van der Waals surface area contributed by atoms with Crippen LogP contribution in [-0.2, 0) is 14.3 Å². The largest absolute Gasteiger partial charge is 0.385 e. The van der Waals surface area contributed by atoms with E-state index in [0.717, 1.165) is 4.88 Å². The molecule has 5 heteroatoms. The van der Waals surface area contributed by atoms with Gasteiger partial charge in [-0.05, 0) is 27.4 Å². The summed E-state index contributed by atoms with van der Waals surface area (Å²) in [5.74, 6) is -1.20. The Morgan fingerprint density at radius 2 is 2.08 bits per heavy atom. The minimum absolute atomic E-state index is 0.208. The molecular weight excluding hydrogens is 256 g/mol. The summed E-state index contributed by atoms with van der Waals surface area (Å²) in [6.45, 7) is 0. The molecule has 0 bridgehead atoms. The van der Waals surface area contributed by atoms with E-state index in [-0.39, 0.29) is 4.48 Å². The summed E-state index contributed by atoms with van der Waals surface area (Å²) < 4.78 is 4.63. The van der Waals surface area contributed by atoms with E-state index >= 15 is 0 Å². The highest BCUT2D eigenvalue weighted by Gasteiger charge is 2.32. The van der Waals surface area contributed by atoms with Crippen LogP contribution in [0.3, 0.4) is 0 Å². The Kier molecular flexibility index (Phi) is 2.05. The fraction of sp³-hybridized carbons (Fsp3) is 0. The highest BCUT2D eigenvalue weighted by atomic mass is 79.9. The summed E-state index contributed by atoms with van der Waals surface area (Å²) in [4.78, 5) is 22.9. The van der Waals surface area contributed by atoms with Crippen LogP contribution < -0.4 is 0 Å². The Morgan fingerprint density at radius 3 is 2.54 bits per heavy atom. The summed E-state index contributed by atoms with van der Waals surface area (Å²) in [6, 6.07) is 3.57. The number of halogens is 1. The van der Waals surface area contributed by atoms with Gasteiger partial charge in [-0.2, -0.15) is 0 Å². The number of carbonyl (C=O) groups is 2. The van der Waals surface area contributed by atoms with Gasteiger partial charge in [-0.3, -0.25) is 0 Å². The molecule has 1 aliphatic rings. The molecule has 66 valence electrons. The molecule has 2 rings (SSSR count). The number of esters is 2. The van der Waals surface area contributed by atoms with Crippen molar-refractivity contribution in [2.45, 2.75) is 0 Å². The number of hydrogen-bond donors (Lipinski definition) is 0. The third kappa shape index (κ3) is 1.34. The first-order valence-electron chi connectivity index (χ1n) is 3.40. The zero-order valence-electron chi connectivity index (χ0n) is 6.24. The van der Waals surface area contributed by atoms with Crippen LogP contribution >= 0.6 is 27.3 Å². The molecule has 3 nitrogen and oxygen atoms in total. The molecule has 2 heterocycles. The summed E-state index contributed by atoms with van der Waals surface area (Å²) in [6.07, 6.45) is 0. The molecule has 1 aromatic rings. The van der Waals surface area contributed by atoms with Gasteiger partial charge < -0.3 is 4.74 Å². The van der Waals surface area contributed by atoms with Crippen LogP contribution in [0.25, 0.3) is 5.57 Å². The van der Waals surface area contributed by atoms with Crippen LogP contribution in [0.15, 0.2) is 22.0 Å². The minimum Gasteiger partial charge on any atom is -0.385 e. The number of carbonyl (C=O) groups excluding carboxylic acids is 2. The van der Waals surface area contributed by atoms with Crippen molar-refractivity contribution in [2.24, 2.45) is 0 Å². The van der Waals surface area contributed by atoms with Crippen molar-refractivity contribution in [1.29, 1.82) is 0 Å². The number of cyclic esters (lactones) is 2. The summed E-state index contributed by atoms with van der Waals surface area (Å²) >= 11 is 4.41. The van der Waals surface area contributed by atoms with Crippen LogP contribution in [0.5, 0.6) is 0 Å². The molecule has 1 aliphatic heterocycles. The second kappa shape index (κ2) is 3.08. The average molecular weight is 259 g/mol. The van der Waals surface area contributed by atoms with E-state index in [0.29, 0.717) is 5.57 Å². The third-order valence-electron chi connectivity index (χ3n) is 1.56. The molecule has 0 saturated heterocycles. The van der Waals surface area contributed by atoms with E-state index in [1.165, 1.54) is 11.3 Å². The minimum atomic E-state index is -0.617. The maximum Gasteiger partial charge on any atom is 0.354 e. The number of hydrogen-bond acceptors (Lipinski definition) is 4. The van der Waals surface area contributed by atoms with Crippen LogP contribution in [0.4, 0.5) is 0 Å². The monoisotopic (exact) mass is 258 g/mol. The second-order valence-electron chi connectivity index (χ2n) is 2.34. The lowest BCUT2D eigenvalue weighted by atomic mass is 10.2. The molecule has 0 aliphatic carbocycles. The maximum atomic E-state index is 11.2. The molecule has 0 atom stereocenters.